The van der Waals surface area contributed by atoms with E-state index in [1.54, 1.807) is 39.0 Å². The Balaban J connectivity index is 3.50. The number of benzene rings is 1. The van der Waals surface area contributed by atoms with Crippen molar-refractivity contribution in [3.8, 4) is 5.75 Å². The predicted octanol–water partition coefficient (Wildman–Crippen LogP) is 5.31. The van der Waals surface area contributed by atoms with E-state index in [0.717, 1.165) is 19.3 Å². The maximum Gasteiger partial charge on any atom is 0.408 e. The molecular weight excluding hydrogens is 458 g/mol. The van der Waals surface area contributed by atoms with E-state index in [1.807, 2.05) is 34.6 Å². The van der Waals surface area contributed by atoms with Crippen LogP contribution in [0.25, 0.3) is 0 Å². The summed E-state index contributed by atoms with van der Waals surface area (Å²) in [4.78, 5) is 41.8. The SMILES string of the molecule is CCCCCNC(=O)C(c1ccccc1O)N(C(=O)C(CC(C)C)NC(=O)OC(C)(C)C)C(C)(C)C. The van der Waals surface area contributed by atoms with Crippen LogP contribution in [0.3, 0.4) is 0 Å². The number of rotatable bonds is 11. The lowest BCUT2D eigenvalue weighted by molar-refractivity contribution is -0.148. The Hall–Kier alpha value is -2.77. The van der Waals surface area contributed by atoms with Crippen LogP contribution in [0, 0.1) is 5.92 Å². The summed E-state index contributed by atoms with van der Waals surface area (Å²) in [5.41, 5.74) is -1.21. The van der Waals surface area contributed by atoms with Crippen LogP contribution in [0.1, 0.15) is 99.6 Å². The largest absolute Gasteiger partial charge is 0.508 e. The van der Waals surface area contributed by atoms with Gasteiger partial charge in [0, 0.05) is 17.6 Å². The Labute approximate surface area is 217 Å². The van der Waals surface area contributed by atoms with Crippen molar-refractivity contribution in [3.05, 3.63) is 29.8 Å². The molecule has 8 nitrogen and oxygen atoms in total. The van der Waals surface area contributed by atoms with Crippen molar-refractivity contribution in [3.63, 3.8) is 0 Å². The van der Waals surface area contributed by atoms with E-state index in [1.165, 1.54) is 11.0 Å². The number of carbonyl (C=O) groups excluding carboxylic acids is 3. The van der Waals surface area contributed by atoms with Crippen LogP contribution in [-0.2, 0) is 14.3 Å². The van der Waals surface area contributed by atoms with Gasteiger partial charge < -0.3 is 25.4 Å². The molecule has 3 amide bonds. The number of unbranched alkanes of at least 4 members (excludes halogenated alkanes) is 2. The maximum atomic E-state index is 14.1. The van der Waals surface area contributed by atoms with Gasteiger partial charge in [-0.3, -0.25) is 9.59 Å². The summed E-state index contributed by atoms with van der Waals surface area (Å²) in [6.45, 7) is 17.2. The highest BCUT2D eigenvalue weighted by molar-refractivity contribution is 5.93. The number of nitrogens with one attached hydrogen (secondary N) is 2. The summed E-state index contributed by atoms with van der Waals surface area (Å²) in [6, 6.07) is 4.54. The molecule has 2 unspecified atom stereocenters. The third-order valence-electron chi connectivity index (χ3n) is 5.47. The van der Waals surface area contributed by atoms with Gasteiger partial charge in [0.15, 0.2) is 0 Å². The Bertz CT molecular complexity index is 871. The number of amides is 3. The highest BCUT2D eigenvalue weighted by Gasteiger charge is 2.42. The van der Waals surface area contributed by atoms with Crippen molar-refractivity contribution in [2.24, 2.45) is 5.92 Å². The molecule has 1 aromatic rings. The lowest BCUT2D eigenvalue weighted by Crippen LogP contribution is -2.58. The molecule has 3 N–H and O–H groups in total. The molecule has 1 aromatic carbocycles. The predicted molar refractivity (Wildman–Crippen MR) is 143 cm³/mol. The molecule has 0 saturated carbocycles. The average Bonchev–Trinajstić information content (AvgIpc) is 2.72. The van der Waals surface area contributed by atoms with Gasteiger partial charge in [0.25, 0.3) is 0 Å². The molecule has 0 fully saturated rings. The average molecular weight is 506 g/mol. The summed E-state index contributed by atoms with van der Waals surface area (Å²) in [7, 11) is 0. The Morgan fingerprint density at radius 1 is 1.03 bits per heavy atom. The summed E-state index contributed by atoms with van der Waals surface area (Å²) in [6.07, 6.45) is 2.46. The van der Waals surface area contributed by atoms with Crippen molar-refractivity contribution < 1.29 is 24.2 Å². The smallest absolute Gasteiger partial charge is 0.408 e. The lowest BCUT2D eigenvalue weighted by atomic mass is 9.93. The molecule has 0 aliphatic rings. The summed E-state index contributed by atoms with van der Waals surface area (Å²) >= 11 is 0. The number of alkyl carbamates (subject to hydrolysis) is 1. The minimum atomic E-state index is -1.09. The molecule has 204 valence electrons. The van der Waals surface area contributed by atoms with Crippen LogP contribution >= 0.6 is 0 Å². The van der Waals surface area contributed by atoms with Gasteiger partial charge in [-0.1, -0.05) is 51.8 Å². The molecule has 8 heteroatoms. The van der Waals surface area contributed by atoms with Crippen LogP contribution in [-0.4, -0.2) is 51.6 Å². The van der Waals surface area contributed by atoms with Gasteiger partial charge in [-0.25, -0.2) is 4.79 Å². The second-order valence-electron chi connectivity index (χ2n) is 11.7. The summed E-state index contributed by atoms with van der Waals surface area (Å²) in [5.74, 6) is -0.786. The molecule has 0 aromatic heterocycles. The molecule has 0 aliphatic heterocycles. The molecule has 0 heterocycles. The first-order valence-electron chi connectivity index (χ1n) is 13.0. The van der Waals surface area contributed by atoms with E-state index in [-0.39, 0.29) is 17.6 Å². The van der Waals surface area contributed by atoms with Crippen molar-refractivity contribution in [1.82, 2.24) is 15.5 Å². The number of phenols is 1. The number of hydrogen-bond acceptors (Lipinski definition) is 5. The standard InChI is InChI=1S/C28H47N3O5/c1-10-11-14-17-29-24(33)23(20-15-12-13-16-22(20)32)31(27(4,5)6)25(34)21(18-19(2)3)30-26(35)36-28(7,8)9/h12-13,15-16,19,21,23,32H,10-11,14,17-18H2,1-9H3,(H,29,33)(H,30,35). The van der Waals surface area contributed by atoms with Gasteiger partial charge in [0.2, 0.25) is 11.8 Å². The number of hydrogen-bond donors (Lipinski definition) is 3. The Kier molecular flexibility index (Phi) is 11.7. The van der Waals surface area contributed by atoms with Crippen LogP contribution in [0.5, 0.6) is 5.75 Å². The minimum Gasteiger partial charge on any atom is -0.508 e. The monoisotopic (exact) mass is 505 g/mol. The molecule has 36 heavy (non-hydrogen) atoms. The fourth-order valence-corrected chi connectivity index (χ4v) is 3.96. The number of phenolic OH excluding ortho intramolecular Hbond substituents is 1. The normalized spacial score (nSPS) is 13.6. The third kappa shape index (κ3) is 10.1. The molecule has 0 aliphatic carbocycles. The van der Waals surface area contributed by atoms with E-state index in [2.05, 4.69) is 17.6 Å². The fourth-order valence-electron chi connectivity index (χ4n) is 3.96. The van der Waals surface area contributed by atoms with Crippen LogP contribution in [0.4, 0.5) is 4.79 Å². The summed E-state index contributed by atoms with van der Waals surface area (Å²) in [5, 5.41) is 16.4. The van der Waals surface area contributed by atoms with Crippen LogP contribution in [0.15, 0.2) is 24.3 Å². The van der Waals surface area contributed by atoms with Crippen molar-refractivity contribution in [2.45, 2.75) is 111 Å². The second kappa shape index (κ2) is 13.5. The van der Waals surface area contributed by atoms with Crippen molar-refractivity contribution in [1.29, 1.82) is 0 Å². The fraction of sp³-hybridized carbons (Fsp3) is 0.679. The topological polar surface area (TPSA) is 108 Å². The summed E-state index contributed by atoms with van der Waals surface area (Å²) < 4.78 is 5.41. The zero-order chi connectivity index (χ0) is 27.7. The van der Waals surface area contributed by atoms with Gasteiger partial charge in [0.05, 0.1) is 0 Å². The zero-order valence-corrected chi connectivity index (χ0v) is 23.6. The van der Waals surface area contributed by atoms with Crippen LogP contribution in [0.2, 0.25) is 0 Å². The zero-order valence-electron chi connectivity index (χ0n) is 23.6. The first-order valence-corrected chi connectivity index (χ1v) is 13.0. The van der Waals surface area contributed by atoms with E-state index < -0.39 is 35.2 Å². The molecule has 0 saturated heterocycles. The van der Waals surface area contributed by atoms with E-state index in [4.69, 9.17) is 4.74 Å². The third-order valence-corrected chi connectivity index (χ3v) is 5.47. The number of nitrogens with zero attached hydrogens (tertiary/aromatic N) is 1. The Morgan fingerprint density at radius 2 is 1.64 bits per heavy atom. The van der Waals surface area contributed by atoms with Crippen molar-refractivity contribution in [2.75, 3.05) is 6.54 Å². The lowest BCUT2D eigenvalue weighted by Gasteiger charge is -2.43. The molecular formula is C28H47N3O5. The molecule has 1 rings (SSSR count). The van der Waals surface area contributed by atoms with E-state index in [9.17, 15) is 19.5 Å². The molecule has 2 atom stereocenters. The van der Waals surface area contributed by atoms with Gasteiger partial charge in [-0.05, 0) is 66.4 Å². The Morgan fingerprint density at radius 3 is 2.14 bits per heavy atom. The minimum absolute atomic E-state index is 0.0752. The van der Waals surface area contributed by atoms with Gasteiger partial charge >= 0.3 is 6.09 Å². The molecule has 0 bridgehead atoms. The second-order valence-corrected chi connectivity index (χ2v) is 11.7. The number of ether oxygens (including phenoxy) is 1. The first-order chi connectivity index (χ1) is 16.6. The van der Waals surface area contributed by atoms with Gasteiger partial charge in [-0.15, -0.1) is 0 Å². The van der Waals surface area contributed by atoms with E-state index >= 15 is 0 Å². The highest BCUT2D eigenvalue weighted by Crippen LogP contribution is 2.34. The van der Waals surface area contributed by atoms with Crippen LogP contribution < -0.4 is 10.6 Å². The maximum absolute atomic E-state index is 14.1. The highest BCUT2D eigenvalue weighted by atomic mass is 16.6. The quantitative estimate of drug-likeness (QED) is 0.353. The molecule has 0 radical (unpaired) electrons. The van der Waals surface area contributed by atoms with Crippen molar-refractivity contribution >= 4 is 17.9 Å². The first kappa shape index (κ1) is 31.3. The van der Waals surface area contributed by atoms with Gasteiger partial charge in [-0.2, -0.15) is 0 Å². The number of para-hydroxylation sites is 1. The number of carbonyl (C=O) groups is 3. The molecule has 0 spiro atoms. The van der Waals surface area contributed by atoms with E-state index in [0.29, 0.717) is 18.5 Å². The number of aromatic hydroxyl groups is 1. The van der Waals surface area contributed by atoms with Gasteiger partial charge in [0.1, 0.15) is 23.4 Å².